The first kappa shape index (κ1) is 18.1. The second-order valence-corrected chi connectivity index (χ2v) is 7.01. The lowest BCUT2D eigenvalue weighted by molar-refractivity contribution is -0.133. The van der Waals surface area contributed by atoms with E-state index in [0.717, 1.165) is 36.5 Å². The minimum Gasteiger partial charge on any atom is -0.341 e. The number of para-hydroxylation sites is 1. The van der Waals surface area contributed by atoms with Crippen molar-refractivity contribution >= 4 is 41.7 Å². The van der Waals surface area contributed by atoms with E-state index in [1.807, 2.05) is 36.2 Å². The molecule has 3 rings (SSSR count). The molecule has 2 atom stereocenters. The van der Waals surface area contributed by atoms with Crippen LogP contribution in [0.1, 0.15) is 19.3 Å². The summed E-state index contributed by atoms with van der Waals surface area (Å²) in [6, 6.07) is 8.09. The highest BCUT2D eigenvalue weighted by molar-refractivity contribution is 8.01. The molecule has 2 aliphatic heterocycles. The molecule has 0 aliphatic carbocycles. The van der Waals surface area contributed by atoms with Crippen LogP contribution >= 0.6 is 24.2 Å². The van der Waals surface area contributed by atoms with Gasteiger partial charge in [0.05, 0.1) is 10.9 Å². The third kappa shape index (κ3) is 4.19. The van der Waals surface area contributed by atoms with Gasteiger partial charge in [-0.05, 0) is 32.0 Å². The van der Waals surface area contributed by atoms with Gasteiger partial charge >= 0.3 is 0 Å². The average molecular weight is 356 g/mol. The first-order valence-corrected chi connectivity index (χ1v) is 8.57. The highest BCUT2D eigenvalue weighted by atomic mass is 35.5. The van der Waals surface area contributed by atoms with Gasteiger partial charge in [0.25, 0.3) is 0 Å². The number of nitrogens with one attached hydrogen (secondary N) is 2. The number of carbonyl (C=O) groups excluding carboxylic acids is 2. The summed E-state index contributed by atoms with van der Waals surface area (Å²) in [4.78, 5) is 27.6. The highest BCUT2D eigenvalue weighted by Crippen LogP contribution is 2.36. The zero-order valence-electron chi connectivity index (χ0n) is 13.1. The molecule has 2 N–H and O–H groups in total. The molecule has 0 spiro atoms. The molecule has 1 aromatic rings. The van der Waals surface area contributed by atoms with Crippen molar-refractivity contribution < 1.29 is 9.59 Å². The van der Waals surface area contributed by atoms with Crippen LogP contribution in [0.2, 0.25) is 0 Å². The molecule has 126 valence electrons. The fraction of sp³-hybridized carbons (Fsp3) is 0.500. The maximum Gasteiger partial charge on any atom is 0.238 e. The number of thioether (sulfide) groups is 1. The van der Waals surface area contributed by atoms with Crippen LogP contribution in [-0.4, -0.2) is 48.1 Å². The zero-order chi connectivity index (χ0) is 15.5. The summed E-state index contributed by atoms with van der Waals surface area (Å²) in [6.45, 7) is 1.54. The normalized spacial score (nSPS) is 23.5. The van der Waals surface area contributed by atoms with Gasteiger partial charge in [0, 0.05) is 30.4 Å². The number of hydrogen-bond donors (Lipinski definition) is 2. The molecule has 23 heavy (non-hydrogen) atoms. The van der Waals surface area contributed by atoms with Gasteiger partial charge in [-0.3, -0.25) is 9.59 Å². The molecule has 7 heteroatoms. The van der Waals surface area contributed by atoms with E-state index in [0.29, 0.717) is 6.04 Å². The van der Waals surface area contributed by atoms with Gasteiger partial charge in [-0.2, -0.15) is 0 Å². The zero-order valence-corrected chi connectivity index (χ0v) is 14.7. The summed E-state index contributed by atoms with van der Waals surface area (Å²) in [5.74, 6) is 0.00575. The summed E-state index contributed by atoms with van der Waals surface area (Å²) in [5, 5.41) is 5.80. The van der Waals surface area contributed by atoms with Crippen LogP contribution < -0.4 is 10.6 Å². The molecule has 2 heterocycles. The third-order valence-corrected chi connectivity index (χ3v) is 5.52. The Hall–Kier alpha value is -1.24. The largest absolute Gasteiger partial charge is 0.341 e. The predicted molar refractivity (Wildman–Crippen MR) is 95.2 cm³/mol. The van der Waals surface area contributed by atoms with E-state index in [1.165, 1.54) is 11.8 Å². The van der Waals surface area contributed by atoms with Gasteiger partial charge in [0.15, 0.2) is 0 Å². The molecule has 1 fully saturated rings. The van der Waals surface area contributed by atoms with Crippen molar-refractivity contribution in [2.24, 2.45) is 0 Å². The van der Waals surface area contributed by atoms with Crippen molar-refractivity contribution in [2.45, 2.75) is 35.4 Å². The van der Waals surface area contributed by atoms with Crippen LogP contribution in [0, 0.1) is 0 Å². The molecular weight excluding hydrogens is 334 g/mol. The lowest BCUT2D eigenvalue weighted by Gasteiger charge is -2.33. The number of nitrogens with zero attached hydrogens (tertiary/aromatic N) is 1. The Morgan fingerprint density at radius 3 is 3.00 bits per heavy atom. The summed E-state index contributed by atoms with van der Waals surface area (Å²) in [6.07, 6.45) is 2.39. The number of halogens is 1. The maximum absolute atomic E-state index is 12.5. The van der Waals surface area contributed by atoms with E-state index >= 15 is 0 Å². The standard InChI is InChI=1S/C16H21N3O2S.ClH/c1-17-11-5-4-8-19(10-11)15(20)9-14-16(21)18-12-6-2-3-7-13(12)22-14;/h2-3,6-7,11,14,17H,4-5,8-10H2,1H3,(H,18,21);1H. The van der Waals surface area contributed by atoms with Crippen molar-refractivity contribution in [3.05, 3.63) is 24.3 Å². The quantitative estimate of drug-likeness (QED) is 0.872. The van der Waals surface area contributed by atoms with E-state index in [9.17, 15) is 9.59 Å². The Bertz CT molecular complexity index is 584. The number of amides is 2. The molecule has 0 aromatic heterocycles. The van der Waals surface area contributed by atoms with E-state index in [-0.39, 0.29) is 35.9 Å². The van der Waals surface area contributed by atoms with Gasteiger partial charge in [0.2, 0.25) is 11.8 Å². The Balaban J connectivity index is 0.00000192. The number of fused-ring (bicyclic) bond motifs is 1. The van der Waals surface area contributed by atoms with Gasteiger partial charge in [0.1, 0.15) is 0 Å². The monoisotopic (exact) mass is 355 g/mol. The fourth-order valence-electron chi connectivity index (χ4n) is 2.95. The van der Waals surface area contributed by atoms with Crippen LogP contribution in [0.5, 0.6) is 0 Å². The van der Waals surface area contributed by atoms with Crippen molar-refractivity contribution in [3.8, 4) is 0 Å². The van der Waals surface area contributed by atoms with Gasteiger partial charge in [-0.1, -0.05) is 12.1 Å². The van der Waals surface area contributed by atoms with Crippen LogP contribution in [-0.2, 0) is 9.59 Å². The molecule has 2 amide bonds. The average Bonchev–Trinajstić information content (AvgIpc) is 2.55. The molecule has 2 aliphatic rings. The number of hydrogen-bond acceptors (Lipinski definition) is 4. The fourth-order valence-corrected chi connectivity index (χ4v) is 4.06. The number of rotatable bonds is 3. The molecule has 0 radical (unpaired) electrons. The summed E-state index contributed by atoms with van der Waals surface area (Å²) >= 11 is 1.49. The lowest BCUT2D eigenvalue weighted by atomic mass is 10.1. The topological polar surface area (TPSA) is 61.4 Å². The molecule has 5 nitrogen and oxygen atoms in total. The van der Waals surface area contributed by atoms with Gasteiger partial charge in [-0.25, -0.2) is 0 Å². The number of carbonyl (C=O) groups is 2. The second kappa shape index (κ2) is 8.04. The number of likely N-dealkylation sites (N-methyl/N-ethyl adjacent to an activating group) is 1. The molecular formula is C16H22ClN3O2S. The summed E-state index contributed by atoms with van der Waals surface area (Å²) in [5.41, 5.74) is 0.842. The minimum atomic E-state index is -0.336. The first-order valence-electron chi connectivity index (χ1n) is 7.69. The smallest absolute Gasteiger partial charge is 0.238 e. The lowest BCUT2D eigenvalue weighted by Crippen LogP contribution is -2.48. The van der Waals surface area contributed by atoms with Crippen molar-refractivity contribution in [1.82, 2.24) is 10.2 Å². The van der Waals surface area contributed by atoms with Gasteiger partial charge < -0.3 is 15.5 Å². The summed E-state index contributed by atoms with van der Waals surface area (Å²) in [7, 11) is 1.93. The number of piperidine rings is 1. The Morgan fingerprint density at radius 1 is 1.43 bits per heavy atom. The van der Waals surface area contributed by atoms with Crippen LogP contribution in [0.15, 0.2) is 29.2 Å². The van der Waals surface area contributed by atoms with E-state index in [2.05, 4.69) is 10.6 Å². The van der Waals surface area contributed by atoms with E-state index < -0.39 is 0 Å². The number of likely N-dealkylation sites (tertiary alicyclic amines) is 1. The van der Waals surface area contributed by atoms with E-state index in [1.54, 1.807) is 0 Å². The molecule has 1 aromatic carbocycles. The molecule has 1 saturated heterocycles. The van der Waals surface area contributed by atoms with Gasteiger partial charge in [-0.15, -0.1) is 24.2 Å². The molecule has 0 saturated carbocycles. The highest BCUT2D eigenvalue weighted by Gasteiger charge is 2.31. The number of benzene rings is 1. The van der Waals surface area contributed by atoms with Crippen LogP contribution in [0.3, 0.4) is 0 Å². The maximum atomic E-state index is 12.5. The molecule has 2 unspecified atom stereocenters. The third-order valence-electron chi connectivity index (χ3n) is 4.25. The molecule has 0 bridgehead atoms. The first-order chi connectivity index (χ1) is 10.7. The summed E-state index contributed by atoms with van der Waals surface area (Å²) < 4.78 is 0. The Morgan fingerprint density at radius 2 is 2.22 bits per heavy atom. The van der Waals surface area contributed by atoms with Crippen LogP contribution in [0.4, 0.5) is 5.69 Å². The van der Waals surface area contributed by atoms with Crippen molar-refractivity contribution in [1.29, 1.82) is 0 Å². The second-order valence-electron chi connectivity index (χ2n) is 5.76. The SMILES string of the molecule is CNC1CCCN(C(=O)CC2Sc3ccccc3NC2=O)C1.Cl. The van der Waals surface area contributed by atoms with Crippen LogP contribution in [0.25, 0.3) is 0 Å². The van der Waals surface area contributed by atoms with Crippen molar-refractivity contribution in [2.75, 3.05) is 25.5 Å². The van der Waals surface area contributed by atoms with E-state index in [4.69, 9.17) is 0 Å². The Kier molecular flexibility index (Phi) is 6.33. The Labute approximate surface area is 147 Å². The minimum absolute atomic E-state index is 0. The van der Waals surface area contributed by atoms with Crippen molar-refractivity contribution in [3.63, 3.8) is 0 Å². The predicted octanol–water partition coefficient (Wildman–Crippen LogP) is 2.12. The number of anilines is 1.